The maximum Gasteiger partial charge on any atom is 0.271 e. The molecule has 3 rings (SSSR count). The van der Waals surface area contributed by atoms with Crippen LogP contribution in [0.25, 0.3) is 0 Å². The molecule has 1 saturated heterocycles. The fourth-order valence-electron chi connectivity index (χ4n) is 3.17. The molecule has 2 heterocycles. The molecule has 1 aliphatic heterocycles. The first kappa shape index (κ1) is 16.6. The number of amides is 1. The summed E-state index contributed by atoms with van der Waals surface area (Å²) in [5.41, 5.74) is 3.60. The van der Waals surface area contributed by atoms with E-state index in [4.69, 9.17) is 0 Å². The number of likely N-dealkylation sites (tertiary alicyclic amines) is 1. The Morgan fingerprint density at radius 1 is 1.33 bits per heavy atom. The third-order valence-corrected chi connectivity index (χ3v) is 4.63. The number of aromatic nitrogens is 2. The Balaban J connectivity index is 1.67. The molecule has 5 heteroatoms. The van der Waals surface area contributed by atoms with Crippen LogP contribution in [0.4, 0.5) is 0 Å². The van der Waals surface area contributed by atoms with Crippen molar-refractivity contribution in [3.8, 4) is 0 Å². The molecule has 0 aliphatic carbocycles. The van der Waals surface area contributed by atoms with Crippen molar-refractivity contribution in [2.24, 2.45) is 0 Å². The van der Waals surface area contributed by atoms with Crippen LogP contribution in [0.15, 0.2) is 36.7 Å². The lowest BCUT2D eigenvalue weighted by molar-refractivity contribution is 0.0945. The summed E-state index contributed by atoms with van der Waals surface area (Å²) in [4.78, 5) is 23.5. The van der Waals surface area contributed by atoms with E-state index in [2.05, 4.69) is 27.2 Å². The first-order valence-electron chi connectivity index (χ1n) is 8.46. The number of hydrogen-bond acceptors (Lipinski definition) is 4. The Hall–Kier alpha value is -2.27. The summed E-state index contributed by atoms with van der Waals surface area (Å²) < 4.78 is 0. The predicted octanol–water partition coefficient (Wildman–Crippen LogP) is 2.52. The second-order valence-corrected chi connectivity index (χ2v) is 6.54. The number of carbonyl (C=O) groups excluding carboxylic acids is 1. The maximum absolute atomic E-state index is 12.4. The van der Waals surface area contributed by atoms with Gasteiger partial charge in [-0.1, -0.05) is 24.3 Å². The van der Waals surface area contributed by atoms with E-state index in [1.807, 2.05) is 31.2 Å². The number of hydrogen-bond donors (Lipinski definition) is 1. The summed E-state index contributed by atoms with van der Waals surface area (Å²) in [6.07, 6.45) is 5.60. The molecule has 1 aromatic heterocycles. The Morgan fingerprint density at radius 2 is 2.17 bits per heavy atom. The molecule has 1 atom stereocenters. The molecule has 0 spiro atoms. The Morgan fingerprint density at radius 3 is 2.96 bits per heavy atom. The molecule has 0 saturated carbocycles. The van der Waals surface area contributed by atoms with Crippen LogP contribution in [0, 0.1) is 6.92 Å². The van der Waals surface area contributed by atoms with Gasteiger partial charge in [-0.15, -0.1) is 0 Å². The molecular weight excluding hydrogens is 300 g/mol. The number of rotatable bonds is 4. The first-order valence-corrected chi connectivity index (χ1v) is 8.46. The van der Waals surface area contributed by atoms with E-state index < -0.39 is 0 Å². The summed E-state index contributed by atoms with van der Waals surface area (Å²) in [5.74, 6) is 0.192. The van der Waals surface area contributed by atoms with Crippen molar-refractivity contribution < 1.29 is 4.79 Å². The molecular formula is C19H24N4O. The van der Waals surface area contributed by atoms with Crippen molar-refractivity contribution in [2.75, 3.05) is 20.1 Å². The van der Waals surface area contributed by atoms with Crippen molar-refractivity contribution in [1.29, 1.82) is 0 Å². The number of piperidine rings is 1. The minimum atomic E-state index is -0.170. The van der Waals surface area contributed by atoms with E-state index >= 15 is 0 Å². The van der Waals surface area contributed by atoms with Crippen LogP contribution < -0.4 is 5.32 Å². The zero-order valence-corrected chi connectivity index (χ0v) is 14.3. The fraction of sp³-hybridized carbons (Fsp3) is 0.421. The van der Waals surface area contributed by atoms with Crippen LogP contribution in [0.2, 0.25) is 0 Å². The summed E-state index contributed by atoms with van der Waals surface area (Å²) in [6.45, 7) is 4.65. The molecule has 5 nitrogen and oxygen atoms in total. The molecule has 24 heavy (non-hydrogen) atoms. The smallest absolute Gasteiger partial charge is 0.271 e. The standard InChI is InChI=1S/C19H24N4O/c1-14-6-3-4-7-15(14)10-21-19(24)18-12-20-11-17(22-18)16-8-5-9-23(2)13-16/h3-4,6-7,11-12,16H,5,8-10,13H2,1-2H3,(H,21,24)/t16-/m1/s1. The average molecular weight is 324 g/mol. The highest BCUT2D eigenvalue weighted by atomic mass is 16.1. The molecule has 0 unspecified atom stereocenters. The number of nitrogens with zero attached hydrogens (tertiary/aromatic N) is 3. The van der Waals surface area contributed by atoms with E-state index in [0.717, 1.165) is 37.2 Å². The normalized spacial score (nSPS) is 18.3. The number of nitrogens with one attached hydrogen (secondary N) is 1. The van der Waals surface area contributed by atoms with E-state index in [1.165, 1.54) is 5.56 Å². The maximum atomic E-state index is 12.4. The van der Waals surface area contributed by atoms with Crippen LogP contribution in [0.3, 0.4) is 0 Å². The van der Waals surface area contributed by atoms with Gasteiger partial charge in [0.05, 0.1) is 11.9 Å². The molecule has 1 aromatic carbocycles. The van der Waals surface area contributed by atoms with Crippen molar-refractivity contribution in [1.82, 2.24) is 20.2 Å². The second-order valence-electron chi connectivity index (χ2n) is 6.54. The number of benzene rings is 1. The van der Waals surface area contributed by atoms with Crippen molar-refractivity contribution >= 4 is 5.91 Å². The monoisotopic (exact) mass is 324 g/mol. The first-order chi connectivity index (χ1) is 11.6. The third-order valence-electron chi connectivity index (χ3n) is 4.63. The molecule has 0 bridgehead atoms. The SMILES string of the molecule is Cc1ccccc1CNC(=O)c1cncc([C@@H]2CCCN(C)C2)n1. The van der Waals surface area contributed by atoms with Gasteiger partial charge in [0.25, 0.3) is 5.91 Å². The summed E-state index contributed by atoms with van der Waals surface area (Å²) in [6, 6.07) is 8.04. The number of likely N-dealkylation sites (N-methyl/N-ethyl adjacent to an activating group) is 1. The second kappa shape index (κ2) is 7.53. The minimum Gasteiger partial charge on any atom is -0.347 e. The molecule has 1 amide bonds. The number of aryl methyl sites for hydroxylation is 1. The van der Waals surface area contributed by atoms with E-state index in [0.29, 0.717) is 18.2 Å². The van der Waals surface area contributed by atoms with Gasteiger partial charge in [0.2, 0.25) is 0 Å². The van der Waals surface area contributed by atoms with Gasteiger partial charge < -0.3 is 10.2 Å². The van der Waals surface area contributed by atoms with Crippen LogP contribution in [-0.2, 0) is 6.54 Å². The van der Waals surface area contributed by atoms with Gasteiger partial charge in [0, 0.05) is 25.2 Å². The third kappa shape index (κ3) is 3.97. The van der Waals surface area contributed by atoms with E-state index in [1.54, 1.807) is 12.4 Å². The lowest BCUT2D eigenvalue weighted by Crippen LogP contribution is -2.32. The quantitative estimate of drug-likeness (QED) is 0.939. The fourth-order valence-corrected chi connectivity index (χ4v) is 3.17. The van der Waals surface area contributed by atoms with Gasteiger partial charge in [0.15, 0.2) is 0 Å². The summed E-state index contributed by atoms with van der Waals surface area (Å²) in [7, 11) is 2.12. The minimum absolute atomic E-state index is 0.170. The zero-order valence-electron chi connectivity index (χ0n) is 14.3. The van der Waals surface area contributed by atoms with Gasteiger partial charge in [-0.2, -0.15) is 0 Å². The Bertz CT molecular complexity index is 716. The van der Waals surface area contributed by atoms with Crippen LogP contribution in [-0.4, -0.2) is 40.9 Å². The lowest BCUT2D eigenvalue weighted by Gasteiger charge is -2.29. The van der Waals surface area contributed by atoms with Gasteiger partial charge >= 0.3 is 0 Å². The van der Waals surface area contributed by atoms with Crippen LogP contribution in [0.5, 0.6) is 0 Å². The molecule has 1 fully saturated rings. The van der Waals surface area contributed by atoms with Crippen LogP contribution >= 0.6 is 0 Å². The van der Waals surface area contributed by atoms with E-state index in [-0.39, 0.29) is 5.91 Å². The van der Waals surface area contributed by atoms with E-state index in [9.17, 15) is 4.79 Å². The van der Waals surface area contributed by atoms with Gasteiger partial charge in [-0.3, -0.25) is 9.78 Å². The lowest BCUT2D eigenvalue weighted by atomic mass is 9.95. The Kier molecular flexibility index (Phi) is 5.20. The van der Waals surface area contributed by atoms with Gasteiger partial charge in [-0.05, 0) is 44.5 Å². The van der Waals surface area contributed by atoms with Gasteiger partial charge in [-0.25, -0.2) is 4.98 Å². The zero-order chi connectivity index (χ0) is 16.9. The topological polar surface area (TPSA) is 58.1 Å². The summed E-state index contributed by atoms with van der Waals surface area (Å²) in [5, 5.41) is 2.94. The molecule has 2 aromatic rings. The molecule has 126 valence electrons. The van der Waals surface area contributed by atoms with Crippen molar-refractivity contribution in [2.45, 2.75) is 32.2 Å². The highest BCUT2D eigenvalue weighted by Gasteiger charge is 2.21. The molecule has 1 aliphatic rings. The highest BCUT2D eigenvalue weighted by Crippen LogP contribution is 2.24. The van der Waals surface area contributed by atoms with Crippen molar-refractivity contribution in [3.05, 3.63) is 59.2 Å². The summed E-state index contributed by atoms with van der Waals surface area (Å²) >= 11 is 0. The largest absolute Gasteiger partial charge is 0.347 e. The van der Waals surface area contributed by atoms with Crippen LogP contribution in [0.1, 0.15) is 46.1 Å². The predicted molar refractivity (Wildman–Crippen MR) is 93.9 cm³/mol. The number of carbonyl (C=O) groups is 1. The molecule has 0 radical (unpaired) electrons. The van der Waals surface area contributed by atoms with Crippen molar-refractivity contribution in [3.63, 3.8) is 0 Å². The highest BCUT2D eigenvalue weighted by molar-refractivity contribution is 5.91. The Labute approximate surface area is 143 Å². The van der Waals surface area contributed by atoms with Gasteiger partial charge in [0.1, 0.15) is 5.69 Å². The average Bonchev–Trinajstić information content (AvgIpc) is 2.61. The molecule has 1 N–H and O–H groups in total.